The quantitative estimate of drug-likeness (QED) is 0.894. The van der Waals surface area contributed by atoms with Gasteiger partial charge in [0.25, 0.3) is 5.56 Å². The van der Waals surface area contributed by atoms with E-state index in [0.29, 0.717) is 18.3 Å². The zero-order valence-corrected chi connectivity index (χ0v) is 13.3. The lowest BCUT2D eigenvalue weighted by Gasteiger charge is -2.15. The first-order chi connectivity index (χ1) is 11.0. The van der Waals surface area contributed by atoms with Crippen LogP contribution >= 0.6 is 0 Å². The largest absolute Gasteiger partial charge is 0.476 e. The van der Waals surface area contributed by atoms with E-state index in [1.165, 1.54) is 4.68 Å². The van der Waals surface area contributed by atoms with Gasteiger partial charge in [0.2, 0.25) is 5.95 Å². The maximum absolute atomic E-state index is 12.3. The van der Waals surface area contributed by atoms with E-state index in [-0.39, 0.29) is 11.3 Å². The summed E-state index contributed by atoms with van der Waals surface area (Å²) in [6.07, 6.45) is 4.19. The molecule has 3 rings (SSSR count). The van der Waals surface area contributed by atoms with Crippen molar-refractivity contribution in [3.8, 4) is 5.95 Å². The van der Waals surface area contributed by atoms with Gasteiger partial charge in [-0.3, -0.25) is 9.78 Å². The molecular weight excluding hydrogens is 296 g/mol. The van der Waals surface area contributed by atoms with E-state index in [9.17, 15) is 14.7 Å². The zero-order valence-electron chi connectivity index (χ0n) is 13.3. The van der Waals surface area contributed by atoms with Gasteiger partial charge in [0.05, 0.1) is 5.69 Å². The summed E-state index contributed by atoms with van der Waals surface area (Å²) in [7, 11) is 0. The summed E-state index contributed by atoms with van der Waals surface area (Å²) >= 11 is 0. The van der Waals surface area contributed by atoms with Gasteiger partial charge < -0.3 is 5.11 Å². The lowest BCUT2D eigenvalue weighted by Crippen LogP contribution is -2.24. The monoisotopic (exact) mass is 316 g/mol. The summed E-state index contributed by atoms with van der Waals surface area (Å²) in [6, 6.07) is 1.54. The Bertz CT molecular complexity index is 804. The smallest absolute Gasteiger partial charge is 0.356 e. The van der Waals surface area contributed by atoms with Crippen molar-refractivity contribution in [3.63, 3.8) is 0 Å². The lowest BCUT2D eigenvalue weighted by atomic mass is 9.97. The number of fused-ring (bicyclic) bond motifs is 1. The van der Waals surface area contributed by atoms with Crippen LogP contribution in [-0.2, 0) is 19.3 Å². The SMILES string of the molecule is CC(C)Cc1cc(C(=O)O)nn1-c1nc2c(c(=O)[nH]1)CCCC2. The van der Waals surface area contributed by atoms with Crippen LogP contribution in [-0.4, -0.2) is 30.8 Å². The van der Waals surface area contributed by atoms with Gasteiger partial charge in [-0.05, 0) is 44.1 Å². The molecule has 0 aromatic carbocycles. The average molecular weight is 316 g/mol. The Hall–Kier alpha value is -2.44. The molecule has 1 aliphatic rings. The third-order valence-electron chi connectivity index (χ3n) is 4.00. The fraction of sp³-hybridized carbons (Fsp3) is 0.500. The summed E-state index contributed by atoms with van der Waals surface area (Å²) in [5.41, 5.74) is 2.10. The number of aromatic carboxylic acids is 1. The maximum Gasteiger partial charge on any atom is 0.356 e. The zero-order chi connectivity index (χ0) is 16.6. The molecule has 0 unspecified atom stereocenters. The summed E-state index contributed by atoms with van der Waals surface area (Å²) in [5, 5.41) is 13.3. The molecule has 23 heavy (non-hydrogen) atoms. The minimum Gasteiger partial charge on any atom is -0.476 e. The van der Waals surface area contributed by atoms with E-state index in [4.69, 9.17) is 0 Å². The van der Waals surface area contributed by atoms with E-state index < -0.39 is 5.97 Å². The minimum atomic E-state index is -1.09. The molecule has 7 heteroatoms. The summed E-state index contributed by atoms with van der Waals surface area (Å²) in [4.78, 5) is 30.8. The Labute approximate surface area is 133 Å². The fourth-order valence-corrected chi connectivity index (χ4v) is 2.96. The van der Waals surface area contributed by atoms with E-state index in [1.54, 1.807) is 6.07 Å². The van der Waals surface area contributed by atoms with Gasteiger partial charge in [0, 0.05) is 11.3 Å². The highest BCUT2D eigenvalue weighted by atomic mass is 16.4. The molecule has 0 bridgehead atoms. The molecule has 1 aliphatic carbocycles. The van der Waals surface area contributed by atoms with Gasteiger partial charge in [0.1, 0.15) is 0 Å². The van der Waals surface area contributed by atoms with Crippen molar-refractivity contribution in [1.29, 1.82) is 0 Å². The van der Waals surface area contributed by atoms with E-state index >= 15 is 0 Å². The Morgan fingerprint density at radius 1 is 1.39 bits per heavy atom. The van der Waals surface area contributed by atoms with E-state index in [1.807, 2.05) is 13.8 Å². The van der Waals surface area contributed by atoms with Gasteiger partial charge in [-0.15, -0.1) is 0 Å². The second-order valence-corrected chi connectivity index (χ2v) is 6.36. The number of carboxylic acids is 1. The minimum absolute atomic E-state index is 0.0407. The number of nitrogens with one attached hydrogen (secondary N) is 1. The maximum atomic E-state index is 12.3. The second kappa shape index (κ2) is 5.98. The van der Waals surface area contributed by atoms with Crippen molar-refractivity contribution in [2.45, 2.75) is 46.0 Å². The first-order valence-electron chi connectivity index (χ1n) is 7.90. The predicted molar refractivity (Wildman–Crippen MR) is 84.1 cm³/mol. The van der Waals surface area contributed by atoms with Crippen LogP contribution in [0.25, 0.3) is 5.95 Å². The molecule has 0 fully saturated rings. The number of H-pyrrole nitrogens is 1. The van der Waals surface area contributed by atoms with Crippen molar-refractivity contribution in [2.75, 3.05) is 0 Å². The Morgan fingerprint density at radius 2 is 2.13 bits per heavy atom. The molecule has 0 radical (unpaired) electrons. The van der Waals surface area contributed by atoms with Gasteiger partial charge in [-0.1, -0.05) is 13.8 Å². The number of carboxylic acid groups (broad SMARTS) is 1. The van der Waals surface area contributed by atoms with Crippen molar-refractivity contribution in [2.24, 2.45) is 5.92 Å². The molecule has 2 heterocycles. The van der Waals surface area contributed by atoms with Crippen LogP contribution in [0.4, 0.5) is 0 Å². The van der Waals surface area contributed by atoms with Crippen LogP contribution in [0.15, 0.2) is 10.9 Å². The first kappa shape index (κ1) is 15.5. The molecule has 2 aromatic rings. The number of hydrogen-bond acceptors (Lipinski definition) is 4. The summed E-state index contributed by atoms with van der Waals surface area (Å²) < 4.78 is 1.46. The molecule has 0 aliphatic heterocycles. The molecule has 7 nitrogen and oxygen atoms in total. The molecule has 0 atom stereocenters. The van der Waals surface area contributed by atoms with E-state index in [0.717, 1.165) is 42.6 Å². The topological polar surface area (TPSA) is 101 Å². The molecule has 0 amide bonds. The third-order valence-corrected chi connectivity index (χ3v) is 4.00. The molecule has 122 valence electrons. The van der Waals surface area contributed by atoms with Gasteiger partial charge in [0.15, 0.2) is 5.69 Å². The predicted octanol–water partition coefficient (Wildman–Crippen LogP) is 1.73. The normalized spacial score (nSPS) is 14.0. The second-order valence-electron chi connectivity index (χ2n) is 6.36. The van der Waals surface area contributed by atoms with Crippen LogP contribution in [0.5, 0.6) is 0 Å². The van der Waals surface area contributed by atoms with Crippen molar-refractivity contribution < 1.29 is 9.90 Å². The van der Waals surface area contributed by atoms with Crippen LogP contribution in [0.3, 0.4) is 0 Å². The van der Waals surface area contributed by atoms with Crippen LogP contribution in [0.2, 0.25) is 0 Å². The number of nitrogens with zero attached hydrogens (tertiary/aromatic N) is 3. The van der Waals surface area contributed by atoms with Crippen molar-refractivity contribution >= 4 is 5.97 Å². The van der Waals surface area contributed by atoms with Crippen LogP contribution in [0.1, 0.15) is 54.1 Å². The average Bonchev–Trinajstić information content (AvgIpc) is 2.90. The fourth-order valence-electron chi connectivity index (χ4n) is 2.96. The summed E-state index contributed by atoms with van der Waals surface area (Å²) in [5.74, 6) is -0.454. The summed E-state index contributed by atoms with van der Waals surface area (Å²) in [6.45, 7) is 4.08. The third kappa shape index (κ3) is 3.04. The number of aromatic amines is 1. The Kier molecular flexibility index (Phi) is 4.02. The standard InChI is InChI=1S/C16H20N4O3/c1-9(2)7-10-8-13(15(22)23)19-20(10)16-17-12-6-4-3-5-11(12)14(21)18-16/h8-9H,3-7H2,1-2H3,(H,22,23)(H,17,18,21). The number of rotatable bonds is 4. The van der Waals surface area contributed by atoms with E-state index in [2.05, 4.69) is 15.1 Å². The Morgan fingerprint density at radius 3 is 2.83 bits per heavy atom. The number of carbonyl (C=O) groups is 1. The first-order valence-corrected chi connectivity index (χ1v) is 7.90. The highest BCUT2D eigenvalue weighted by molar-refractivity contribution is 5.85. The molecule has 0 spiro atoms. The van der Waals surface area contributed by atoms with Crippen LogP contribution in [0, 0.1) is 5.92 Å². The molecule has 2 aromatic heterocycles. The molecule has 2 N–H and O–H groups in total. The number of hydrogen-bond donors (Lipinski definition) is 2. The number of aromatic nitrogens is 4. The van der Waals surface area contributed by atoms with Crippen molar-refractivity contribution in [1.82, 2.24) is 19.7 Å². The molecule has 0 saturated heterocycles. The van der Waals surface area contributed by atoms with Crippen LogP contribution < -0.4 is 5.56 Å². The Balaban J connectivity index is 2.12. The van der Waals surface area contributed by atoms with Gasteiger partial charge >= 0.3 is 5.97 Å². The molecule has 0 saturated carbocycles. The number of aryl methyl sites for hydroxylation is 1. The highest BCUT2D eigenvalue weighted by Gasteiger charge is 2.20. The highest BCUT2D eigenvalue weighted by Crippen LogP contribution is 2.18. The van der Waals surface area contributed by atoms with Gasteiger partial charge in [-0.25, -0.2) is 14.5 Å². The van der Waals surface area contributed by atoms with Gasteiger partial charge in [-0.2, -0.15) is 5.10 Å². The lowest BCUT2D eigenvalue weighted by molar-refractivity contribution is 0.0690. The van der Waals surface area contributed by atoms with Crippen molar-refractivity contribution in [3.05, 3.63) is 39.1 Å². The molecular formula is C16H20N4O3.